The summed E-state index contributed by atoms with van der Waals surface area (Å²) < 4.78 is 26.2. The molecule has 1 saturated carbocycles. The molecule has 7 nitrogen and oxygen atoms in total. The third-order valence-corrected chi connectivity index (χ3v) is 6.97. The number of carbonyl (C=O) groups excluding carboxylic acids is 1. The molecule has 0 atom stereocenters. The van der Waals surface area contributed by atoms with Crippen molar-refractivity contribution in [3.05, 3.63) is 42.4 Å². The molecule has 1 aliphatic carbocycles. The fourth-order valence-electron chi connectivity index (χ4n) is 3.20. The van der Waals surface area contributed by atoms with E-state index in [4.69, 9.17) is 0 Å². The van der Waals surface area contributed by atoms with Crippen LogP contribution in [0.3, 0.4) is 0 Å². The smallest absolute Gasteiger partial charge is 0.226 e. The first kappa shape index (κ1) is 18.6. The number of nitrogens with one attached hydrogen (secondary N) is 1. The third kappa shape index (κ3) is 5.14. The fourth-order valence-corrected chi connectivity index (χ4v) is 5.06. The molecule has 0 aromatic carbocycles. The van der Waals surface area contributed by atoms with Crippen LogP contribution in [0, 0.1) is 0 Å². The van der Waals surface area contributed by atoms with Crippen molar-refractivity contribution in [2.24, 2.45) is 0 Å². The summed E-state index contributed by atoms with van der Waals surface area (Å²) in [6.45, 7) is 0.690. The Labute approximate surface area is 153 Å². The first-order chi connectivity index (χ1) is 12.5. The van der Waals surface area contributed by atoms with Gasteiger partial charge in [-0.05, 0) is 37.0 Å². The van der Waals surface area contributed by atoms with Gasteiger partial charge in [-0.3, -0.25) is 14.5 Å². The molecule has 0 saturated heterocycles. The maximum absolute atomic E-state index is 12.2. The molecule has 2 aromatic rings. The number of aryl methyl sites for hydroxylation is 2. The number of pyridine rings is 1. The van der Waals surface area contributed by atoms with Gasteiger partial charge in [-0.25, -0.2) is 8.42 Å². The molecule has 2 aromatic heterocycles. The Morgan fingerprint density at radius 3 is 2.65 bits per heavy atom. The Balaban J connectivity index is 1.45. The molecule has 2 heterocycles. The quantitative estimate of drug-likeness (QED) is 0.762. The lowest BCUT2D eigenvalue weighted by molar-refractivity contribution is -0.115. The molecular weight excluding hydrogens is 352 g/mol. The molecular formula is C18H24N4O3S. The highest BCUT2D eigenvalue weighted by atomic mass is 32.2. The van der Waals surface area contributed by atoms with Crippen LogP contribution in [0.5, 0.6) is 0 Å². The number of amides is 1. The van der Waals surface area contributed by atoms with Gasteiger partial charge in [-0.15, -0.1) is 0 Å². The van der Waals surface area contributed by atoms with Crippen LogP contribution in [0.15, 0.2) is 36.8 Å². The van der Waals surface area contributed by atoms with E-state index >= 15 is 0 Å². The zero-order chi connectivity index (χ0) is 18.4. The predicted molar refractivity (Wildman–Crippen MR) is 99.5 cm³/mol. The average Bonchev–Trinajstić information content (AvgIpc) is 3.32. The molecule has 1 amide bonds. The third-order valence-electron chi connectivity index (χ3n) is 4.71. The monoisotopic (exact) mass is 376 g/mol. The maximum atomic E-state index is 12.2. The van der Waals surface area contributed by atoms with Crippen molar-refractivity contribution in [1.82, 2.24) is 14.8 Å². The van der Waals surface area contributed by atoms with E-state index in [1.807, 2.05) is 12.1 Å². The normalized spacial score (nSPS) is 15.2. The van der Waals surface area contributed by atoms with Crippen molar-refractivity contribution < 1.29 is 13.2 Å². The molecule has 26 heavy (non-hydrogen) atoms. The van der Waals surface area contributed by atoms with Crippen molar-refractivity contribution in [3.8, 4) is 0 Å². The minimum Gasteiger partial charge on any atom is -0.309 e. The average molecular weight is 376 g/mol. The molecule has 0 aliphatic heterocycles. The molecule has 1 fully saturated rings. The zero-order valence-electron chi connectivity index (χ0n) is 14.7. The first-order valence-corrected chi connectivity index (χ1v) is 10.7. The summed E-state index contributed by atoms with van der Waals surface area (Å²) in [5.74, 6) is 0.0423. The molecule has 0 unspecified atom stereocenters. The molecule has 3 rings (SSSR count). The molecule has 1 aliphatic rings. The van der Waals surface area contributed by atoms with Crippen molar-refractivity contribution in [2.75, 3.05) is 11.1 Å². The number of sulfone groups is 1. The first-order valence-electron chi connectivity index (χ1n) is 8.97. The van der Waals surface area contributed by atoms with E-state index < -0.39 is 9.84 Å². The molecule has 140 valence electrons. The molecule has 0 bridgehead atoms. The lowest BCUT2D eigenvalue weighted by Gasteiger charge is -2.10. The van der Waals surface area contributed by atoms with Crippen LogP contribution in [0.4, 0.5) is 5.82 Å². The summed E-state index contributed by atoms with van der Waals surface area (Å²) in [7, 11) is -3.17. The molecule has 0 radical (unpaired) electrons. The van der Waals surface area contributed by atoms with Crippen molar-refractivity contribution in [2.45, 2.75) is 50.3 Å². The summed E-state index contributed by atoms with van der Waals surface area (Å²) in [6, 6.07) is 5.63. The fraction of sp³-hybridized carbons (Fsp3) is 0.500. The summed E-state index contributed by atoms with van der Waals surface area (Å²) >= 11 is 0. The van der Waals surface area contributed by atoms with E-state index in [0.29, 0.717) is 12.4 Å². The topological polar surface area (TPSA) is 94.0 Å². The van der Waals surface area contributed by atoms with Gasteiger partial charge >= 0.3 is 0 Å². The van der Waals surface area contributed by atoms with Gasteiger partial charge in [0.1, 0.15) is 0 Å². The summed E-state index contributed by atoms with van der Waals surface area (Å²) in [6.07, 6.45) is 9.48. The number of hydrogen-bond donors (Lipinski definition) is 1. The van der Waals surface area contributed by atoms with E-state index in [2.05, 4.69) is 15.4 Å². The van der Waals surface area contributed by atoms with E-state index in [9.17, 15) is 13.2 Å². The Morgan fingerprint density at radius 2 is 1.92 bits per heavy atom. The largest absolute Gasteiger partial charge is 0.309 e. The van der Waals surface area contributed by atoms with E-state index in [0.717, 1.165) is 32.1 Å². The summed E-state index contributed by atoms with van der Waals surface area (Å²) in [4.78, 5) is 16.0. The number of carbonyl (C=O) groups is 1. The van der Waals surface area contributed by atoms with Crippen LogP contribution < -0.4 is 5.32 Å². The van der Waals surface area contributed by atoms with E-state index in [1.165, 1.54) is 5.56 Å². The molecule has 0 spiro atoms. The van der Waals surface area contributed by atoms with E-state index in [-0.39, 0.29) is 23.3 Å². The minimum atomic E-state index is -3.17. The lowest BCUT2D eigenvalue weighted by atomic mass is 10.2. The van der Waals surface area contributed by atoms with Crippen molar-refractivity contribution in [3.63, 3.8) is 0 Å². The SMILES string of the molecule is O=C(CCS(=O)(=O)C1CCCC1)Nc1ccn(CCc2ccncc2)n1. The second kappa shape index (κ2) is 8.44. The zero-order valence-corrected chi connectivity index (χ0v) is 15.5. The number of rotatable bonds is 8. The van der Waals surface area contributed by atoms with E-state index in [1.54, 1.807) is 29.3 Å². The van der Waals surface area contributed by atoms with Gasteiger partial charge in [0, 0.05) is 37.6 Å². The maximum Gasteiger partial charge on any atom is 0.226 e. The van der Waals surface area contributed by atoms with Crippen LogP contribution in [0.2, 0.25) is 0 Å². The minimum absolute atomic E-state index is 0.0251. The number of nitrogens with zero attached hydrogens (tertiary/aromatic N) is 3. The summed E-state index contributed by atoms with van der Waals surface area (Å²) in [5.41, 5.74) is 1.17. The van der Waals surface area contributed by atoms with Crippen LogP contribution in [0.25, 0.3) is 0 Å². The number of hydrogen-bond acceptors (Lipinski definition) is 5. The highest BCUT2D eigenvalue weighted by Gasteiger charge is 2.28. The van der Waals surface area contributed by atoms with Gasteiger partial charge in [0.25, 0.3) is 0 Å². The number of aromatic nitrogens is 3. The van der Waals surface area contributed by atoms with Crippen LogP contribution >= 0.6 is 0 Å². The molecule has 8 heteroatoms. The number of anilines is 1. The van der Waals surface area contributed by atoms with Gasteiger partial charge in [-0.1, -0.05) is 12.8 Å². The second-order valence-corrected chi connectivity index (χ2v) is 9.04. The standard InChI is InChI=1S/C18H24N4O3S/c23-18(9-14-26(24,25)16-3-1-2-4-16)20-17-8-13-22(21-17)12-7-15-5-10-19-11-6-15/h5-6,8,10-11,13,16H,1-4,7,9,12,14H2,(H,20,21,23). The Kier molecular flexibility index (Phi) is 6.03. The van der Waals surface area contributed by atoms with Gasteiger partial charge < -0.3 is 5.32 Å². The Bertz CT molecular complexity index is 827. The Hall–Kier alpha value is -2.22. The summed E-state index contributed by atoms with van der Waals surface area (Å²) in [5, 5.41) is 6.72. The van der Waals surface area contributed by atoms with Crippen LogP contribution in [-0.4, -0.2) is 40.1 Å². The Morgan fingerprint density at radius 1 is 1.19 bits per heavy atom. The van der Waals surface area contributed by atoms with Crippen LogP contribution in [0.1, 0.15) is 37.7 Å². The molecule has 1 N–H and O–H groups in total. The van der Waals surface area contributed by atoms with Gasteiger partial charge in [0.2, 0.25) is 5.91 Å². The van der Waals surface area contributed by atoms with Gasteiger partial charge in [0.05, 0.1) is 11.0 Å². The van der Waals surface area contributed by atoms with Gasteiger partial charge in [0.15, 0.2) is 15.7 Å². The highest BCUT2D eigenvalue weighted by Crippen LogP contribution is 2.25. The van der Waals surface area contributed by atoms with Crippen molar-refractivity contribution in [1.29, 1.82) is 0 Å². The van der Waals surface area contributed by atoms with Gasteiger partial charge in [-0.2, -0.15) is 5.10 Å². The predicted octanol–water partition coefficient (Wildman–Crippen LogP) is 2.21. The highest BCUT2D eigenvalue weighted by molar-refractivity contribution is 7.92. The van der Waals surface area contributed by atoms with Crippen LogP contribution in [-0.2, 0) is 27.6 Å². The second-order valence-electron chi connectivity index (χ2n) is 6.64. The van der Waals surface area contributed by atoms with Crippen molar-refractivity contribution >= 4 is 21.6 Å². The lowest BCUT2D eigenvalue weighted by Crippen LogP contribution is -2.24.